The predicted molar refractivity (Wildman–Crippen MR) is 186 cm³/mol. The van der Waals surface area contributed by atoms with E-state index in [0.717, 1.165) is 23.5 Å². The highest BCUT2D eigenvalue weighted by atomic mass is 16.5. The van der Waals surface area contributed by atoms with Gasteiger partial charge in [0.05, 0.1) is 35.9 Å². The molecule has 254 valence electrons. The van der Waals surface area contributed by atoms with E-state index in [1.807, 2.05) is 76.2 Å². The van der Waals surface area contributed by atoms with Gasteiger partial charge in [-0.2, -0.15) is 10.2 Å². The average Bonchev–Trinajstić information content (AvgIpc) is 3.76. The minimum atomic E-state index is -0.493. The number of rotatable bonds is 9. The summed E-state index contributed by atoms with van der Waals surface area (Å²) in [5.41, 5.74) is 3.35. The van der Waals surface area contributed by atoms with Gasteiger partial charge in [-0.3, -0.25) is 9.78 Å². The Morgan fingerprint density at radius 2 is 1.56 bits per heavy atom. The van der Waals surface area contributed by atoms with Gasteiger partial charge in [-0.05, 0) is 64.1 Å². The highest BCUT2D eigenvalue weighted by Crippen LogP contribution is 2.22. The molecule has 0 atom stereocenters. The molecule has 5 heterocycles. The van der Waals surface area contributed by atoms with Crippen LogP contribution in [0, 0.1) is 0 Å². The maximum atomic E-state index is 11.3. The Morgan fingerprint density at radius 3 is 2.28 bits per heavy atom. The van der Waals surface area contributed by atoms with Crippen LogP contribution >= 0.6 is 0 Å². The van der Waals surface area contributed by atoms with Crippen LogP contribution in [0.4, 0.5) is 17.2 Å². The lowest BCUT2D eigenvalue weighted by Crippen LogP contribution is -2.13. The number of nitrogens with one attached hydrogen (secondary N) is 3. The lowest BCUT2D eigenvalue weighted by atomic mass is 10.3. The van der Waals surface area contributed by atoms with E-state index in [2.05, 4.69) is 40.4 Å². The van der Waals surface area contributed by atoms with Crippen molar-refractivity contribution in [1.82, 2.24) is 39.2 Å². The Kier molecular flexibility index (Phi) is 9.65. The van der Waals surface area contributed by atoms with Crippen molar-refractivity contribution in [2.45, 2.75) is 39.9 Å². The second-order valence-electron chi connectivity index (χ2n) is 11.5. The van der Waals surface area contributed by atoms with Gasteiger partial charge in [0.25, 0.3) is 0 Å². The molecule has 0 aliphatic heterocycles. The summed E-state index contributed by atoms with van der Waals surface area (Å²) in [4.78, 5) is 40.5. The van der Waals surface area contributed by atoms with Crippen molar-refractivity contribution in [1.29, 1.82) is 0 Å². The first-order valence-corrected chi connectivity index (χ1v) is 15.7. The number of hydrogen-bond acceptors (Lipinski definition) is 11. The van der Waals surface area contributed by atoms with Crippen molar-refractivity contribution in [2.24, 2.45) is 4.99 Å². The molecular formula is C35H34N10O5. The molecule has 0 amide bonds. The van der Waals surface area contributed by atoms with Gasteiger partial charge in [0.1, 0.15) is 23.0 Å². The fourth-order valence-corrected chi connectivity index (χ4v) is 4.83. The van der Waals surface area contributed by atoms with Gasteiger partial charge in [0.2, 0.25) is 5.88 Å². The van der Waals surface area contributed by atoms with E-state index in [-0.39, 0.29) is 23.8 Å². The fraction of sp³-hybridized carbons (Fsp3) is 0.171. The van der Waals surface area contributed by atoms with Crippen LogP contribution in [0.3, 0.4) is 0 Å². The molecule has 0 aliphatic carbocycles. The van der Waals surface area contributed by atoms with Crippen molar-refractivity contribution >= 4 is 40.8 Å². The van der Waals surface area contributed by atoms with E-state index >= 15 is 0 Å². The molecule has 0 saturated heterocycles. The highest BCUT2D eigenvalue weighted by molar-refractivity contribution is 5.84. The quantitative estimate of drug-likeness (QED) is 0.162. The van der Waals surface area contributed by atoms with Crippen molar-refractivity contribution in [3.63, 3.8) is 0 Å². The number of anilines is 2. The van der Waals surface area contributed by atoms with Gasteiger partial charge in [-0.1, -0.05) is 12.1 Å². The SMILES string of the molecule is CC(C)Oc1cccc(N=c2ccn3ncc(=Cc4[nH]c(=O)[nH]c4O)c3n2)c1.CC(C)Oc1cccc(Nc2ccn3ncc(C=O)c3n2)c1. The lowest BCUT2D eigenvalue weighted by Gasteiger charge is -2.11. The van der Waals surface area contributed by atoms with E-state index in [9.17, 15) is 14.7 Å². The van der Waals surface area contributed by atoms with Crippen LogP contribution in [0.5, 0.6) is 17.4 Å². The van der Waals surface area contributed by atoms with Gasteiger partial charge in [0, 0.05) is 41.5 Å². The van der Waals surface area contributed by atoms with E-state index < -0.39 is 5.69 Å². The highest BCUT2D eigenvalue weighted by Gasteiger charge is 2.08. The molecule has 7 rings (SSSR count). The molecule has 2 aromatic carbocycles. The molecule has 15 nitrogen and oxygen atoms in total. The number of ether oxygens (including phenoxy) is 2. The molecule has 0 bridgehead atoms. The standard InChI is InChI=1S/C19H18N6O3.C16H16N4O2/c1-11(2)28-14-5-3-4-13(9-14)21-16-6-7-25-17(23-16)12(10-20-25)8-15-18(26)24-19(27)22-15;1-11(2)22-14-5-3-4-13(8-14)18-15-6-7-20-16(19-15)12(10-21)9-17-20/h3-11,26H,1-2H3,(H2,22,24,27);3-11H,1-2H3,(H,18,19). The van der Waals surface area contributed by atoms with Gasteiger partial charge in [-0.15, -0.1) is 0 Å². The molecule has 0 spiro atoms. The summed E-state index contributed by atoms with van der Waals surface area (Å²) in [5.74, 6) is 1.92. The van der Waals surface area contributed by atoms with Crippen LogP contribution in [0.1, 0.15) is 43.7 Å². The minimum Gasteiger partial charge on any atom is -0.493 e. The number of carbonyl (C=O) groups excluding carboxylic acids is 1. The van der Waals surface area contributed by atoms with Crippen molar-refractivity contribution in [2.75, 3.05) is 5.32 Å². The second-order valence-corrected chi connectivity index (χ2v) is 11.5. The number of imidazole rings is 1. The number of fused-ring (bicyclic) bond motifs is 2. The zero-order valence-corrected chi connectivity index (χ0v) is 27.6. The Morgan fingerprint density at radius 1 is 0.860 bits per heavy atom. The van der Waals surface area contributed by atoms with E-state index in [1.165, 1.54) is 6.20 Å². The third kappa shape index (κ3) is 8.02. The number of aromatic hydroxyl groups is 1. The molecule has 0 saturated carbocycles. The first kappa shape index (κ1) is 33.1. The predicted octanol–water partition coefficient (Wildman–Crippen LogP) is 4.09. The minimum absolute atomic E-state index is 0.0749. The van der Waals surface area contributed by atoms with Crippen LogP contribution in [-0.2, 0) is 0 Å². The van der Waals surface area contributed by atoms with E-state index in [0.29, 0.717) is 39.1 Å². The third-order valence-electron chi connectivity index (χ3n) is 6.85. The van der Waals surface area contributed by atoms with Gasteiger partial charge in [-0.25, -0.2) is 28.8 Å². The monoisotopic (exact) mass is 674 g/mol. The van der Waals surface area contributed by atoms with Crippen LogP contribution in [0.2, 0.25) is 0 Å². The van der Waals surface area contributed by atoms with Crippen molar-refractivity contribution in [3.8, 4) is 17.4 Å². The maximum absolute atomic E-state index is 11.3. The van der Waals surface area contributed by atoms with Crippen LogP contribution in [0.25, 0.3) is 17.4 Å². The molecule has 0 fully saturated rings. The molecule has 15 heteroatoms. The van der Waals surface area contributed by atoms with Crippen LogP contribution in [-0.4, -0.2) is 62.8 Å². The number of hydrogen-bond donors (Lipinski definition) is 4. The summed E-state index contributed by atoms with van der Waals surface area (Å²) in [7, 11) is 0. The molecule has 0 radical (unpaired) electrons. The average molecular weight is 675 g/mol. The zero-order valence-electron chi connectivity index (χ0n) is 27.6. The smallest absolute Gasteiger partial charge is 0.326 e. The largest absolute Gasteiger partial charge is 0.493 e. The van der Waals surface area contributed by atoms with E-state index in [4.69, 9.17) is 9.47 Å². The molecule has 7 aromatic rings. The Hall–Kier alpha value is -6.77. The number of carbonyl (C=O) groups is 1. The Labute approximate surface area is 284 Å². The van der Waals surface area contributed by atoms with Crippen molar-refractivity contribution in [3.05, 3.63) is 118 Å². The zero-order chi connectivity index (χ0) is 35.2. The van der Waals surface area contributed by atoms with Crippen molar-refractivity contribution < 1.29 is 19.4 Å². The molecule has 0 aliphatic rings. The number of aromatic nitrogens is 8. The summed E-state index contributed by atoms with van der Waals surface area (Å²) in [6.45, 7) is 7.89. The molecule has 50 heavy (non-hydrogen) atoms. The Bertz CT molecular complexity index is 2460. The number of aromatic amines is 2. The lowest BCUT2D eigenvalue weighted by molar-refractivity contribution is 0.112. The number of H-pyrrole nitrogens is 2. The van der Waals surface area contributed by atoms with Gasteiger partial charge < -0.3 is 24.9 Å². The molecular weight excluding hydrogens is 640 g/mol. The second kappa shape index (κ2) is 14.6. The Balaban J connectivity index is 0.000000178. The fourth-order valence-electron chi connectivity index (χ4n) is 4.83. The van der Waals surface area contributed by atoms with Gasteiger partial charge in [0.15, 0.2) is 23.1 Å². The molecule has 4 N–H and O–H groups in total. The summed E-state index contributed by atoms with van der Waals surface area (Å²) >= 11 is 0. The van der Waals surface area contributed by atoms with Crippen LogP contribution in [0.15, 0.2) is 95.2 Å². The maximum Gasteiger partial charge on any atom is 0.326 e. The van der Waals surface area contributed by atoms with E-state index in [1.54, 1.807) is 45.8 Å². The summed E-state index contributed by atoms with van der Waals surface area (Å²) in [5, 5.41) is 21.9. The first-order chi connectivity index (χ1) is 24.1. The molecule has 5 aromatic heterocycles. The summed E-state index contributed by atoms with van der Waals surface area (Å²) in [6, 6.07) is 18.7. The number of nitrogens with zero attached hydrogens (tertiary/aromatic N) is 7. The number of benzene rings is 2. The first-order valence-electron chi connectivity index (χ1n) is 15.7. The van der Waals surface area contributed by atoms with Gasteiger partial charge >= 0.3 is 5.69 Å². The normalized spacial score (nSPS) is 12.0. The summed E-state index contributed by atoms with van der Waals surface area (Å²) < 4.78 is 14.5. The molecule has 0 unspecified atom stereocenters. The number of aldehydes is 1. The third-order valence-corrected chi connectivity index (χ3v) is 6.85. The summed E-state index contributed by atoms with van der Waals surface area (Å²) in [6.07, 6.45) is 9.11. The topological polar surface area (TPSA) is 189 Å². The van der Waals surface area contributed by atoms with Crippen LogP contribution < -0.4 is 31.2 Å².